The molecule has 19 heavy (non-hydrogen) atoms. The Kier molecular flexibility index (Phi) is 4.63. The van der Waals surface area contributed by atoms with Crippen molar-refractivity contribution in [2.24, 2.45) is 0 Å². The van der Waals surface area contributed by atoms with Crippen LogP contribution in [0, 0.1) is 0 Å². The fourth-order valence-corrected chi connectivity index (χ4v) is 2.58. The molecule has 4 nitrogen and oxygen atoms in total. The van der Waals surface area contributed by atoms with Gasteiger partial charge in [0.05, 0.1) is 6.54 Å². The van der Waals surface area contributed by atoms with E-state index in [1.54, 1.807) is 16.3 Å². The molecule has 0 atom stereocenters. The summed E-state index contributed by atoms with van der Waals surface area (Å²) in [4.78, 5) is 16.3. The van der Waals surface area contributed by atoms with E-state index in [1.165, 1.54) is 6.07 Å². The average molecular weight is 275 g/mol. The maximum atomic E-state index is 12.1. The summed E-state index contributed by atoms with van der Waals surface area (Å²) in [6.07, 6.45) is 1.03. The fourth-order valence-electron chi connectivity index (χ4n) is 1.72. The normalized spacial score (nSPS) is 10.6. The quantitative estimate of drug-likeness (QED) is 0.672. The van der Waals surface area contributed by atoms with Gasteiger partial charge in [0.25, 0.3) is 5.56 Å². The number of anilines is 1. The van der Waals surface area contributed by atoms with Crippen molar-refractivity contribution in [1.29, 1.82) is 0 Å². The number of benzene rings is 1. The number of aromatic nitrogens is 2. The number of thioether (sulfide) groups is 1. The molecule has 1 heterocycles. The Morgan fingerprint density at radius 2 is 2.05 bits per heavy atom. The van der Waals surface area contributed by atoms with Gasteiger partial charge < -0.3 is 5.73 Å². The Balaban J connectivity index is 2.35. The van der Waals surface area contributed by atoms with Crippen LogP contribution in [0.2, 0.25) is 0 Å². The van der Waals surface area contributed by atoms with Crippen molar-refractivity contribution in [3.8, 4) is 0 Å². The van der Waals surface area contributed by atoms with Crippen LogP contribution in [-0.2, 0) is 6.54 Å². The second-order valence-electron chi connectivity index (χ2n) is 4.22. The van der Waals surface area contributed by atoms with Gasteiger partial charge in [-0.1, -0.05) is 49.0 Å². The van der Waals surface area contributed by atoms with E-state index < -0.39 is 0 Å². The molecule has 1 aromatic carbocycles. The molecule has 100 valence electrons. The van der Waals surface area contributed by atoms with Crippen LogP contribution >= 0.6 is 11.8 Å². The molecule has 0 unspecified atom stereocenters. The van der Waals surface area contributed by atoms with Crippen molar-refractivity contribution in [2.45, 2.75) is 25.0 Å². The molecule has 0 amide bonds. The summed E-state index contributed by atoms with van der Waals surface area (Å²) < 4.78 is 1.67. The Morgan fingerprint density at radius 3 is 2.74 bits per heavy atom. The smallest absolute Gasteiger partial charge is 0.256 e. The predicted molar refractivity (Wildman–Crippen MR) is 79.5 cm³/mol. The molecule has 0 radical (unpaired) electrons. The molecule has 2 N–H and O–H groups in total. The SMILES string of the molecule is CCCSc1nc(N)cc(=O)n1Cc1ccccc1. The van der Waals surface area contributed by atoms with Crippen LogP contribution in [0.4, 0.5) is 5.82 Å². The van der Waals surface area contributed by atoms with Gasteiger partial charge in [0.2, 0.25) is 0 Å². The third-order valence-corrected chi connectivity index (χ3v) is 3.79. The highest BCUT2D eigenvalue weighted by atomic mass is 32.2. The van der Waals surface area contributed by atoms with E-state index in [9.17, 15) is 4.79 Å². The Bertz CT molecular complexity index is 595. The highest BCUT2D eigenvalue weighted by Crippen LogP contribution is 2.17. The fraction of sp³-hybridized carbons (Fsp3) is 0.286. The molecule has 2 aromatic rings. The van der Waals surface area contributed by atoms with Gasteiger partial charge >= 0.3 is 0 Å². The molecule has 0 aliphatic carbocycles. The zero-order valence-electron chi connectivity index (χ0n) is 10.9. The lowest BCUT2D eigenvalue weighted by atomic mass is 10.2. The van der Waals surface area contributed by atoms with Gasteiger partial charge in [-0.3, -0.25) is 9.36 Å². The van der Waals surface area contributed by atoms with Crippen LogP contribution in [0.1, 0.15) is 18.9 Å². The van der Waals surface area contributed by atoms with E-state index >= 15 is 0 Å². The number of rotatable bonds is 5. The lowest BCUT2D eigenvalue weighted by Gasteiger charge is -2.11. The van der Waals surface area contributed by atoms with Crippen LogP contribution in [0.5, 0.6) is 0 Å². The topological polar surface area (TPSA) is 60.9 Å². The second kappa shape index (κ2) is 6.43. The molecule has 2 rings (SSSR count). The number of nitrogens with two attached hydrogens (primary N) is 1. The minimum Gasteiger partial charge on any atom is -0.383 e. The van der Waals surface area contributed by atoms with Crippen molar-refractivity contribution in [3.63, 3.8) is 0 Å². The largest absolute Gasteiger partial charge is 0.383 e. The van der Waals surface area contributed by atoms with Gasteiger partial charge in [-0.2, -0.15) is 0 Å². The van der Waals surface area contributed by atoms with E-state index in [-0.39, 0.29) is 11.4 Å². The van der Waals surface area contributed by atoms with E-state index in [0.717, 1.165) is 17.7 Å². The molecular weight excluding hydrogens is 258 g/mol. The van der Waals surface area contributed by atoms with E-state index in [1.807, 2.05) is 30.3 Å². The first-order chi connectivity index (χ1) is 9.20. The maximum Gasteiger partial charge on any atom is 0.256 e. The molecule has 0 saturated carbocycles. The summed E-state index contributed by atoms with van der Waals surface area (Å²) in [5, 5.41) is 0.690. The minimum atomic E-state index is -0.102. The summed E-state index contributed by atoms with van der Waals surface area (Å²) in [6, 6.07) is 11.3. The highest BCUT2D eigenvalue weighted by molar-refractivity contribution is 7.99. The summed E-state index contributed by atoms with van der Waals surface area (Å²) >= 11 is 1.57. The summed E-state index contributed by atoms with van der Waals surface area (Å²) in [5.41, 5.74) is 6.63. The van der Waals surface area contributed by atoms with Gasteiger partial charge in [0.1, 0.15) is 5.82 Å². The highest BCUT2D eigenvalue weighted by Gasteiger charge is 2.08. The van der Waals surface area contributed by atoms with Gasteiger partial charge in [0.15, 0.2) is 5.16 Å². The van der Waals surface area contributed by atoms with E-state index in [2.05, 4.69) is 11.9 Å². The summed E-state index contributed by atoms with van der Waals surface area (Å²) in [6.45, 7) is 2.62. The molecule has 0 fully saturated rings. The van der Waals surface area contributed by atoms with Crippen molar-refractivity contribution < 1.29 is 0 Å². The maximum absolute atomic E-state index is 12.1. The van der Waals surface area contributed by atoms with E-state index in [4.69, 9.17) is 5.73 Å². The molecule has 5 heteroatoms. The minimum absolute atomic E-state index is 0.102. The first kappa shape index (κ1) is 13.7. The van der Waals surface area contributed by atoms with Crippen LogP contribution in [0.15, 0.2) is 46.3 Å². The molecule has 0 aliphatic rings. The Labute approximate surface area is 116 Å². The lowest BCUT2D eigenvalue weighted by molar-refractivity contribution is 0.647. The van der Waals surface area contributed by atoms with Gasteiger partial charge in [-0.05, 0) is 12.0 Å². The second-order valence-corrected chi connectivity index (χ2v) is 5.28. The van der Waals surface area contributed by atoms with Crippen LogP contribution in [0.3, 0.4) is 0 Å². The zero-order valence-corrected chi connectivity index (χ0v) is 11.7. The lowest BCUT2D eigenvalue weighted by Crippen LogP contribution is -2.23. The standard InChI is InChI=1S/C14H17N3OS/c1-2-8-19-14-16-12(15)9-13(18)17(14)10-11-6-4-3-5-7-11/h3-7,9H,2,8,10,15H2,1H3. The predicted octanol–water partition coefficient (Wildman–Crippen LogP) is 2.38. The molecular formula is C14H17N3OS. The summed E-state index contributed by atoms with van der Waals surface area (Å²) in [7, 11) is 0. The number of nitrogen functional groups attached to an aromatic ring is 1. The molecule has 1 aromatic heterocycles. The molecule has 0 spiro atoms. The average Bonchev–Trinajstić information content (AvgIpc) is 2.41. The first-order valence-electron chi connectivity index (χ1n) is 6.24. The van der Waals surface area contributed by atoms with Crippen molar-refractivity contribution >= 4 is 17.6 Å². The van der Waals surface area contributed by atoms with Gasteiger partial charge in [-0.15, -0.1) is 0 Å². The van der Waals surface area contributed by atoms with Crippen molar-refractivity contribution in [3.05, 3.63) is 52.3 Å². The van der Waals surface area contributed by atoms with Crippen molar-refractivity contribution in [1.82, 2.24) is 9.55 Å². The van der Waals surface area contributed by atoms with Crippen LogP contribution in [-0.4, -0.2) is 15.3 Å². The van der Waals surface area contributed by atoms with Crippen LogP contribution < -0.4 is 11.3 Å². The number of nitrogens with zero attached hydrogens (tertiary/aromatic N) is 2. The first-order valence-corrected chi connectivity index (χ1v) is 7.23. The number of hydrogen-bond donors (Lipinski definition) is 1. The van der Waals surface area contributed by atoms with Crippen LogP contribution in [0.25, 0.3) is 0 Å². The number of hydrogen-bond acceptors (Lipinski definition) is 4. The molecule has 0 aliphatic heterocycles. The molecule has 0 bridgehead atoms. The Morgan fingerprint density at radius 1 is 1.32 bits per heavy atom. The van der Waals surface area contributed by atoms with E-state index in [0.29, 0.717) is 11.7 Å². The monoisotopic (exact) mass is 275 g/mol. The van der Waals surface area contributed by atoms with Crippen molar-refractivity contribution in [2.75, 3.05) is 11.5 Å². The van der Waals surface area contributed by atoms with Gasteiger partial charge in [-0.25, -0.2) is 4.98 Å². The third kappa shape index (κ3) is 3.61. The summed E-state index contributed by atoms with van der Waals surface area (Å²) in [5.74, 6) is 1.21. The van der Waals surface area contributed by atoms with Gasteiger partial charge in [0, 0.05) is 11.8 Å². The Hall–Kier alpha value is -1.75. The zero-order chi connectivity index (χ0) is 13.7. The third-order valence-electron chi connectivity index (χ3n) is 2.61. The molecule has 0 saturated heterocycles.